The molecule has 7 nitrogen and oxygen atoms in total. The van der Waals surface area contributed by atoms with Crippen LogP contribution in [0, 0.1) is 0 Å². The van der Waals surface area contributed by atoms with Gasteiger partial charge in [-0.2, -0.15) is 9.61 Å². The molecule has 0 aliphatic carbocycles. The number of halogens is 1. The Morgan fingerprint density at radius 3 is 2.30 bits per heavy atom. The summed E-state index contributed by atoms with van der Waals surface area (Å²) in [5.74, 6) is 2.24. The highest BCUT2D eigenvalue weighted by Crippen LogP contribution is 2.42. The third-order valence-electron chi connectivity index (χ3n) is 4.02. The third kappa shape index (κ3) is 2.96. The molecule has 2 aromatic heterocycles. The van der Waals surface area contributed by atoms with Crippen LogP contribution in [0.25, 0.3) is 26.9 Å². The number of fused-ring (bicyclic) bond motifs is 1. The van der Waals surface area contributed by atoms with E-state index in [4.69, 9.17) is 25.8 Å². The fourth-order valence-electron chi connectivity index (χ4n) is 2.75. The Bertz CT molecular complexity index is 1100. The molecule has 0 atom stereocenters. The molecule has 9 heteroatoms. The van der Waals surface area contributed by atoms with E-state index in [1.165, 1.54) is 11.3 Å². The van der Waals surface area contributed by atoms with E-state index in [2.05, 4.69) is 15.3 Å². The molecule has 0 aliphatic heterocycles. The number of hydrogen-bond acceptors (Lipinski definition) is 7. The third-order valence-corrected chi connectivity index (χ3v) is 5.29. The van der Waals surface area contributed by atoms with Gasteiger partial charge in [0.05, 0.1) is 26.4 Å². The number of hydrogen-bond donors (Lipinski definition) is 0. The van der Waals surface area contributed by atoms with E-state index in [1.807, 2.05) is 36.4 Å². The molecule has 0 N–H and O–H groups in total. The van der Waals surface area contributed by atoms with Gasteiger partial charge in [-0.3, -0.25) is 0 Å². The largest absolute Gasteiger partial charge is 0.493 e. The fraction of sp³-hybridized carbons (Fsp3) is 0.167. The minimum atomic E-state index is 0.531. The van der Waals surface area contributed by atoms with Gasteiger partial charge in [-0.15, -0.1) is 10.2 Å². The summed E-state index contributed by atoms with van der Waals surface area (Å²) in [4.78, 5) is 0.661. The maximum atomic E-state index is 6.30. The van der Waals surface area contributed by atoms with Gasteiger partial charge in [0.15, 0.2) is 17.3 Å². The quantitative estimate of drug-likeness (QED) is 0.498. The van der Waals surface area contributed by atoms with Crippen molar-refractivity contribution in [3.63, 3.8) is 0 Å². The molecule has 4 rings (SSSR count). The van der Waals surface area contributed by atoms with Crippen LogP contribution in [0.4, 0.5) is 0 Å². The van der Waals surface area contributed by atoms with Crippen molar-refractivity contribution in [1.29, 1.82) is 0 Å². The lowest BCUT2D eigenvalue weighted by molar-refractivity contribution is 0.324. The predicted octanol–water partition coefficient (Wildman–Crippen LogP) is 4.20. The van der Waals surface area contributed by atoms with E-state index < -0.39 is 0 Å². The molecule has 0 saturated heterocycles. The van der Waals surface area contributed by atoms with Crippen LogP contribution in [0.2, 0.25) is 5.02 Å². The van der Waals surface area contributed by atoms with Crippen LogP contribution in [0.3, 0.4) is 0 Å². The smallest absolute Gasteiger partial charge is 0.235 e. The zero-order chi connectivity index (χ0) is 19.0. The molecule has 0 unspecified atom stereocenters. The molecular formula is C18H15ClN4O3S. The molecule has 0 radical (unpaired) electrons. The van der Waals surface area contributed by atoms with Crippen LogP contribution < -0.4 is 14.2 Å². The Kier molecular flexibility index (Phi) is 4.59. The first-order chi connectivity index (χ1) is 13.2. The standard InChI is InChI=1S/C18H15ClN4O3S/c1-24-13-8-10(9-14(25-2)15(13)26-3)17-22-23-16(20-21-18(23)27-17)11-6-4-5-7-12(11)19/h4-9H,1-3H3. The van der Waals surface area contributed by atoms with Gasteiger partial charge in [0.1, 0.15) is 5.01 Å². The molecule has 2 heterocycles. The number of methoxy groups -OCH3 is 3. The molecule has 0 bridgehead atoms. The Morgan fingerprint density at radius 1 is 0.963 bits per heavy atom. The number of aromatic nitrogens is 4. The molecule has 138 valence electrons. The van der Waals surface area contributed by atoms with Crippen molar-refractivity contribution in [2.45, 2.75) is 0 Å². The summed E-state index contributed by atoms with van der Waals surface area (Å²) in [7, 11) is 4.73. The van der Waals surface area contributed by atoms with Gasteiger partial charge in [0.25, 0.3) is 0 Å². The lowest BCUT2D eigenvalue weighted by Gasteiger charge is -2.13. The molecule has 0 fully saturated rings. The lowest BCUT2D eigenvalue weighted by atomic mass is 10.2. The summed E-state index contributed by atoms with van der Waals surface area (Å²) >= 11 is 7.71. The minimum Gasteiger partial charge on any atom is -0.493 e. The summed E-state index contributed by atoms with van der Waals surface area (Å²) in [6.07, 6.45) is 0. The first kappa shape index (κ1) is 17.6. The van der Waals surface area contributed by atoms with Gasteiger partial charge in [0.2, 0.25) is 10.7 Å². The predicted molar refractivity (Wildman–Crippen MR) is 104 cm³/mol. The average molecular weight is 403 g/mol. The van der Waals surface area contributed by atoms with Gasteiger partial charge in [0, 0.05) is 11.1 Å². The molecule has 4 aromatic rings. The molecule has 2 aromatic carbocycles. The summed E-state index contributed by atoms with van der Waals surface area (Å²) in [5, 5.41) is 14.4. The van der Waals surface area contributed by atoms with Crippen molar-refractivity contribution < 1.29 is 14.2 Å². The van der Waals surface area contributed by atoms with Gasteiger partial charge < -0.3 is 14.2 Å². The average Bonchev–Trinajstić information content (AvgIpc) is 3.28. The molecule has 27 heavy (non-hydrogen) atoms. The Balaban J connectivity index is 1.86. The van der Waals surface area contributed by atoms with Crippen LogP contribution in [0.5, 0.6) is 17.2 Å². The normalized spacial score (nSPS) is 11.0. The highest BCUT2D eigenvalue weighted by Gasteiger charge is 2.19. The monoisotopic (exact) mass is 402 g/mol. The zero-order valence-corrected chi connectivity index (χ0v) is 16.3. The molecule has 0 amide bonds. The Morgan fingerprint density at radius 2 is 1.67 bits per heavy atom. The summed E-state index contributed by atoms with van der Waals surface area (Å²) in [5.41, 5.74) is 1.60. The summed E-state index contributed by atoms with van der Waals surface area (Å²) in [6.45, 7) is 0. The molecular weight excluding hydrogens is 388 g/mol. The second-order valence-electron chi connectivity index (χ2n) is 5.52. The fourth-order valence-corrected chi connectivity index (χ4v) is 3.80. The minimum absolute atomic E-state index is 0.531. The van der Waals surface area contributed by atoms with E-state index in [1.54, 1.807) is 25.8 Å². The van der Waals surface area contributed by atoms with E-state index in [-0.39, 0.29) is 0 Å². The van der Waals surface area contributed by atoms with Crippen molar-refractivity contribution in [1.82, 2.24) is 19.8 Å². The zero-order valence-electron chi connectivity index (χ0n) is 14.8. The van der Waals surface area contributed by atoms with E-state index in [0.29, 0.717) is 33.1 Å². The van der Waals surface area contributed by atoms with Gasteiger partial charge >= 0.3 is 0 Å². The molecule has 0 saturated carbocycles. The maximum Gasteiger partial charge on any atom is 0.235 e. The van der Waals surface area contributed by atoms with Gasteiger partial charge in [-0.05, 0) is 24.3 Å². The maximum absolute atomic E-state index is 6.30. The second-order valence-corrected chi connectivity index (χ2v) is 6.88. The topological polar surface area (TPSA) is 70.8 Å². The van der Waals surface area contributed by atoms with Crippen LogP contribution in [0.15, 0.2) is 36.4 Å². The summed E-state index contributed by atoms with van der Waals surface area (Å²) < 4.78 is 17.9. The first-order valence-corrected chi connectivity index (χ1v) is 9.13. The van der Waals surface area contributed by atoms with Crippen LogP contribution >= 0.6 is 22.9 Å². The van der Waals surface area contributed by atoms with Crippen molar-refractivity contribution in [3.8, 4) is 39.2 Å². The van der Waals surface area contributed by atoms with E-state index in [0.717, 1.165) is 16.1 Å². The van der Waals surface area contributed by atoms with Gasteiger partial charge in [-0.25, -0.2) is 0 Å². The number of benzene rings is 2. The van der Waals surface area contributed by atoms with Crippen LogP contribution in [-0.2, 0) is 0 Å². The van der Waals surface area contributed by atoms with E-state index >= 15 is 0 Å². The highest BCUT2D eigenvalue weighted by molar-refractivity contribution is 7.19. The van der Waals surface area contributed by atoms with Crippen molar-refractivity contribution in [3.05, 3.63) is 41.4 Å². The highest BCUT2D eigenvalue weighted by atomic mass is 35.5. The van der Waals surface area contributed by atoms with Gasteiger partial charge in [-0.1, -0.05) is 35.1 Å². The molecule has 0 spiro atoms. The van der Waals surface area contributed by atoms with Crippen molar-refractivity contribution in [2.24, 2.45) is 0 Å². The van der Waals surface area contributed by atoms with E-state index in [9.17, 15) is 0 Å². The van der Waals surface area contributed by atoms with Crippen molar-refractivity contribution >= 4 is 27.9 Å². The van der Waals surface area contributed by atoms with Crippen LogP contribution in [-0.4, -0.2) is 41.1 Å². The first-order valence-electron chi connectivity index (χ1n) is 7.93. The Labute approximate surface area is 164 Å². The lowest BCUT2D eigenvalue weighted by Crippen LogP contribution is -1.96. The molecule has 0 aliphatic rings. The number of rotatable bonds is 5. The summed E-state index contributed by atoms with van der Waals surface area (Å²) in [6, 6.07) is 11.2. The number of nitrogens with zero attached hydrogens (tertiary/aromatic N) is 4. The van der Waals surface area contributed by atoms with Crippen molar-refractivity contribution in [2.75, 3.05) is 21.3 Å². The second kappa shape index (κ2) is 7.05. The SMILES string of the molecule is COc1cc(-c2nn3c(-c4ccccc4Cl)nnc3s2)cc(OC)c1OC. The van der Waals surface area contributed by atoms with Crippen LogP contribution in [0.1, 0.15) is 0 Å². The Hall–Kier alpha value is -2.84. The number of ether oxygens (including phenoxy) is 3.